The summed E-state index contributed by atoms with van der Waals surface area (Å²) >= 11 is 0. The molecule has 0 bridgehead atoms. The van der Waals surface area contributed by atoms with Gasteiger partial charge in [-0.15, -0.1) is 0 Å². The number of carboxylic acid groups (broad SMARTS) is 1. The molecule has 0 saturated carbocycles. The van der Waals surface area contributed by atoms with E-state index in [1.807, 2.05) is 0 Å². The quantitative estimate of drug-likeness (QED) is 0.296. The molecular formula is C14H16F3N5O4. The van der Waals surface area contributed by atoms with Crippen LogP contribution >= 0.6 is 0 Å². The lowest BCUT2D eigenvalue weighted by atomic mass is 10.2. The zero-order valence-electron chi connectivity index (χ0n) is 13.2. The molecule has 0 radical (unpaired) electrons. The Morgan fingerprint density at radius 1 is 1.27 bits per heavy atom. The molecule has 1 rings (SSSR count). The van der Waals surface area contributed by atoms with E-state index in [9.17, 15) is 27.6 Å². The summed E-state index contributed by atoms with van der Waals surface area (Å²) in [5, 5.41) is 22.1. The number of anilines is 1. The molecule has 1 atom stereocenters. The molecule has 0 aromatic heterocycles. The zero-order chi connectivity index (χ0) is 19.9. The molecule has 0 spiro atoms. The summed E-state index contributed by atoms with van der Waals surface area (Å²) < 4.78 is 36.8. The van der Waals surface area contributed by atoms with Crippen LogP contribution in [0, 0.1) is 5.41 Å². The number of halogens is 3. The van der Waals surface area contributed by atoms with Crippen molar-refractivity contribution in [1.29, 1.82) is 5.41 Å². The number of guanidine groups is 1. The minimum atomic E-state index is -4.77. The van der Waals surface area contributed by atoms with Gasteiger partial charge in [-0.2, -0.15) is 13.2 Å². The first-order chi connectivity index (χ1) is 12.0. The Bertz CT molecular complexity index is 708. The van der Waals surface area contributed by atoms with Crippen molar-refractivity contribution in [3.63, 3.8) is 0 Å². The molecule has 0 saturated heterocycles. The van der Waals surface area contributed by atoms with Crippen molar-refractivity contribution in [2.45, 2.75) is 18.6 Å². The van der Waals surface area contributed by atoms with Crippen molar-refractivity contribution < 1.29 is 32.7 Å². The average Bonchev–Trinajstić information content (AvgIpc) is 2.50. The lowest BCUT2D eigenvalue weighted by molar-refractivity contribution is -0.159. The van der Waals surface area contributed by atoms with Crippen LogP contribution in [0.1, 0.15) is 16.8 Å². The average molecular weight is 375 g/mol. The first kappa shape index (κ1) is 20.7. The van der Waals surface area contributed by atoms with Gasteiger partial charge in [0.25, 0.3) is 5.91 Å². The van der Waals surface area contributed by atoms with E-state index >= 15 is 0 Å². The maximum Gasteiger partial charge on any atom is 0.391 e. The number of amides is 2. The SMILES string of the molecule is N=C(N)Nc1cccc(C(=O)NCC(=O)NC(CC(F)(F)F)C(=O)O)c1. The first-order valence-corrected chi connectivity index (χ1v) is 7.06. The molecule has 2 amide bonds. The predicted octanol–water partition coefficient (Wildman–Crippen LogP) is 0.244. The minimum Gasteiger partial charge on any atom is -0.480 e. The lowest BCUT2D eigenvalue weighted by Gasteiger charge is -2.16. The van der Waals surface area contributed by atoms with Crippen LogP contribution < -0.4 is 21.7 Å². The van der Waals surface area contributed by atoms with Crippen molar-refractivity contribution >= 4 is 29.4 Å². The molecule has 9 nitrogen and oxygen atoms in total. The molecule has 26 heavy (non-hydrogen) atoms. The van der Waals surface area contributed by atoms with Crippen LogP contribution in [0.3, 0.4) is 0 Å². The number of alkyl halides is 3. The number of carbonyl (C=O) groups is 3. The van der Waals surface area contributed by atoms with E-state index in [-0.39, 0.29) is 11.5 Å². The van der Waals surface area contributed by atoms with Crippen LogP contribution in [0.4, 0.5) is 18.9 Å². The monoisotopic (exact) mass is 375 g/mol. The van der Waals surface area contributed by atoms with E-state index in [0.29, 0.717) is 5.69 Å². The summed E-state index contributed by atoms with van der Waals surface area (Å²) in [5.41, 5.74) is 5.58. The second-order valence-electron chi connectivity index (χ2n) is 5.08. The van der Waals surface area contributed by atoms with Crippen LogP contribution in [0.2, 0.25) is 0 Å². The van der Waals surface area contributed by atoms with E-state index in [4.69, 9.17) is 16.2 Å². The Balaban J connectivity index is 2.62. The molecule has 1 aromatic carbocycles. The second-order valence-corrected chi connectivity index (χ2v) is 5.08. The number of carboxylic acids is 1. The standard InChI is InChI=1S/C14H16F3N5O4/c15-14(16,17)5-9(12(25)26)22-10(23)6-20-11(24)7-2-1-3-8(4-7)21-13(18)19/h1-4,9H,5-6H2,(H,20,24)(H,22,23)(H,25,26)(H4,18,19,21). The van der Waals surface area contributed by atoms with Gasteiger partial charge in [-0.25, -0.2) is 4.79 Å². The zero-order valence-corrected chi connectivity index (χ0v) is 13.2. The van der Waals surface area contributed by atoms with Crippen molar-refractivity contribution in [3.05, 3.63) is 29.8 Å². The molecule has 0 aliphatic rings. The van der Waals surface area contributed by atoms with Gasteiger partial charge in [-0.1, -0.05) is 6.07 Å². The fourth-order valence-corrected chi connectivity index (χ4v) is 1.83. The third-order valence-corrected chi connectivity index (χ3v) is 2.88. The molecular weight excluding hydrogens is 359 g/mol. The number of rotatable bonds is 7. The van der Waals surface area contributed by atoms with Gasteiger partial charge in [-0.3, -0.25) is 15.0 Å². The van der Waals surface area contributed by atoms with E-state index in [0.717, 1.165) is 0 Å². The summed E-state index contributed by atoms with van der Waals surface area (Å²) in [6.45, 7) is -0.717. The third-order valence-electron chi connectivity index (χ3n) is 2.88. The maximum absolute atomic E-state index is 12.3. The van der Waals surface area contributed by atoms with Crippen LogP contribution in [0.25, 0.3) is 0 Å². The Hall–Kier alpha value is -3.31. The van der Waals surface area contributed by atoms with Gasteiger partial charge in [0, 0.05) is 11.3 Å². The van der Waals surface area contributed by atoms with Crippen molar-refractivity contribution in [3.8, 4) is 0 Å². The number of hydrogen-bond acceptors (Lipinski definition) is 4. The number of nitrogens with two attached hydrogens (primary N) is 1. The normalized spacial score (nSPS) is 12.0. The number of carbonyl (C=O) groups excluding carboxylic acids is 2. The summed E-state index contributed by atoms with van der Waals surface area (Å²) in [6, 6.07) is 3.58. The second kappa shape index (κ2) is 8.69. The summed E-state index contributed by atoms with van der Waals surface area (Å²) in [7, 11) is 0. The Morgan fingerprint density at radius 2 is 1.92 bits per heavy atom. The van der Waals surface area contributed by atoms with Gasteiger partial charge < -0.3 is 26.8 Å². The lowest BCUT2D eigenvalue weighted by Crippen LogP contribution is -2.47. The Kier molecular flexibility index (Phi) is 6.93. The van der Waals surface area contributed by atoms with E-state index in [1.54, 1.807) is 5.32 Å². The van der Waals surface area contributed by atoms with E-state index < -0.39 is 43.0 Å². The predicted molar refractivity (Wildman–Crippen MR) is 84.6 cm³/mol. The molecule has 0 heterocycles. The van der Waals surface area contributed by atoms with E-state index in [1.165, 1.54) is 24.3 Å². The van der Waals surface area contributed by atoms with Crippen molar-refractivity contribution in [2.75, 3.05) is 11.9 Å². The molecule has 1 aromatic rings. The first-order valence-electron chi connectivity index (χ1n) is 7.06. The number of aliphatic carboxylic acids is 1. The van der Waals surface area contributed by atoms with Gasteiger partial charge in [0.1, 0.15) is 6.04 Å². The minimum absolute atomic E-state index is 0.0918. The van der Waals surface area contributed by atoms with Crippen molar-refractivity contribution in [2.24, 2.45) is 5.73 Å². The van der Waals surface area contributed by atoms with Crippen LogP contribution in [-0.2, 0) is 9.59 Å². The highest BCUT2D eigenvalue weighted by Crippen LogP contribution is 2.21. The van der Waals surface area contributed by atoms with Gasteiger partial charge >= 0.3 is 12.1 Å². The smallest absolute Gasteiger partial charge is 0.391 e. The molecule has 0 aliphatic carbocycles. The number of benzene rings is 1. The Labute approximate surface area is 145 Å². The Morgan fingerprint density at radius 3 is 2.46 bits per heavy atom. The van der Waals surface area contributed by atoms with Gasteiger partial charge in [0.15, 0.2) is 5.96 Å². The number of nitrogens with one attached hydrogen (secondary N) is 4. The van der Waals surface area contributed by atoms with Crippen LogP contribution in [0.5, 0.6) is 0 Å². The molecule has 1 unspecified atom stereocenters. The fraction of sp³-hybridized carbons (Fsp3) is 0.286. The van der Waals surface area contributed by atoms with Gasteiger partial charge in [0.2, 0.25) is 5.91 Å². The van der Waals surface area contributed by atoms with E-state index in [2.05, 4.69) is 10.6 Å². The highest BCUT2D eigenvalue weighted by Gasteiger charge is 2.36. The molecule has 0 fully saturated rings. The highest BCUT2D eigenvalue weighted by molar-refractivity contribution is 5.98. The number of hydrogen-bond donors (Lipinski definition) is 6. The summed E-state index contributed by atoms with van der Waals surface area (Å²) in [6.07, 6.45) is -6.51. The largest absolute Gasteiger partial charge is 0.480 e. The summed E-state index contributed by atoms with van der Waals surface area (Å²) in [5.74, 6) is -4.01. The third kappa shape index (κ3) is 7.51. The van der Waals surface area contributed by atoms with Gasteiger partial charge in [-0.05, 0) is 18.2 Å². The fourth-order valence-electron chi connectivity index (χ4n) is 1.83. The highest BCUT2D eigenvalue weighted by atomic mass is 19.4. The summed E-state index contributed by atoms with van der Waals surface area (Å²) in [4.78, 5) is 34.3. The van der Waals surface area contributed by atoms with Crippen LogP contribution in [-0.4, -0.2) is 47.6 Å². The molecule has 12 heteroatoms. The van der Waals surface area contributed by atoms with Gasteiger partial charge in [0.05, 0.1) is 13.0 Å². The topological polar surface area (TPSA) is 157 Å². The van der Waals surface area contributed by atoms with Crippen LogP contribution in [0.15, 0.2) is 24.3 Å². The molecule has 142 valence electrons. The maximum atomic E-state index is 12.3. The van der Waals surface area contributed by atoms with Crippen molar-refractivity contribution in [1.82, 2.24) is 10.6 Å². The molecule has 0 aliphatic heterocycles. The molecule has 7 N–H and O–H groups in total.